The zero-order valence-corrected chi connectivity index (χ0v) is 19.6. The first-order valence-electron chi connectivity index (χ1n) is 11.5. The molecule has 3 heterocycles. The Morgan fingerprint density at radius 1 is 1.09 bits per heavy atom. The average Bonchev–Trinajstić information content (AvgIpc) is 3.49. The highest BCUT2D eigenvalue weighted by Crippen LogP contribution is 2.28. The van der Waals surface area contributed by atoms with E-state index in [0.29, 0.717) is 30.4 Å². The van der Waals surface area contributed by atoms with Crippen molar-refractivity contribution in [2.75, 3.05) is 16.8 Å². The van der Waals surface area contributed by atoms with Gasteiger partial charge in [0.2, 0.25) is 23.5 Å². The van der Waals surface area contributed by atoms with Gasteiger partial charge in [-0.1, -0.05) is 29.4 Å². The van der Waals surface area contributed by atoms with Gasteiger partial charge >= 0.3 is 0 Å². The van der Waals surface area contributed by atoms with E-state index in [1.165, 1.54) is 5.56 Å². The van der Waals surface area contributed by atoms with Crippen molar-refractivity contribution in [2.24, 2.45) is 5.92 Å². The third-order valence-corrected chi connectivity index (χ3v) is 6.32. The minimum Gasteiger partial charge on any atom is -0.339 e. The summed E-state index contributed by atoms with van der Waals surface area (Å²) in [6.07, 6.45) is 3.89. The van der Waals surface area contributed by atoms with E-state index in [1.54, 1.807) is 17.3 Å². The van der Waals surface area contributed by atoms with Crippen LogP contribution in [0.4, 0.5) is 11.4 Å². The van der Waals surface area contributed by atoms with Crippen LogP contribution in [0.5, 0.6) is 0 Å². The number of nitrogens with one attached hydrogen (secondary N) is 1. The van der Waals surface area contributed by atoms with Crippen molar-refractivity contribution in [3.8, 4) is 11.4 Å². The number of aryl methyl sites for hydroxylation is 2. The number of carbonyl (C=O) groups is 2. The fourth-order valence-corrected chi connectivity index (χ4v) is 4.17. The van der Waals surface area contributed by atoms with Gasteiger partial charge in [-0.3, -0.25) is 14.6 Å². The molecule has 1 aliphatic heterocycles. The third-order valence-electron chi connectivity index (χ3n) is 6.32. The lowest BCUT2D eigenvalue weighted by Crippen LogP contribution is -2.28. The molecular formula is C27H25N5O3. The van der Waals surface area contributed by atoms with Gasteiger partial charge in [0, 0.05) is 42.3 Å². The van der Waals surface area contributed by atoms with Crippen LogP contribution in [0.15, 0.2) is 71.5 Å². The van der Waals surface area contributed by atoms with Crippen molar-refractivity contribution in [1.82, 2.24) is 15.1 Å². The van der Waals surface area contributed by atoms with E-state index >= 15 is 0 Å². The van der Waals surface area contributed by atoms with Gasteiger partial charge in [0.1, 0.15) is 0 Å². The third kappa shape index (κ3) is 4.82. The molecule has 1 N–H and O–H groups in total. The number of pyridine rings is 1. The Morgan fingerprint density at radius 3 is 2.69 bits per heavy atom. The SMILES string of the molecule is Cc1ccc(N2CC(C(=O)Nc3ccccc3Cc3nc(-c4ccncc4)no3)CC2=O)cc1C. The van der Waals surface area contributed by atoms with Crippen LogP contribution in [-0.4, -0.2) is 33.5 Å². The van der Waals surface area contributed by atoms with Gasteiger partial charge in [-0.25, -0.2) is 0 Å². The predicted octanol–water partition coefficient (Wildman–Crippen LogP) is 4.33. The first kappa shape index (κ1) is 22.5. The van der Waals surface area contributed by atoms with Crippen LogP contribution in [0.25, 0.3) is 11.4 Å². The van der Waals surface area contributed by atoms with Crippen LogP contribution in [0.1, 0.15) is 29.0 Å². The van der Waals surface area contributed by atoms with Gasteiger partial charge < -0.3 is 14.7 Å². The molecule has 0 bridgehead atoms. The average molecular weight is 468 g/mol. The number of anilines is 2. The van der Waals surface area contributed by atoms with Crippen molar-refractivity contribution in [3.63, 3.8) is 0 Å². The molecule has 1 unspecified atom stereocenters. The Kier molecular flexibility index (Phi) is 6.10. The molecule has 0 aliphatic carbocycles. The lowest BCUT2D eigenvalue weighted by molar-refractivity contribution is -0.122. The molecule has 1 fully saturated rings. The maximum atomic E-state index is 13.1. The highest BCUT2D eigenvalue weighted by molar-refractivity contribution is 6.03. The Bertz CT molecular complexity index is 1380. The van der Waals surface area contributed by atoms with Crippen LogP contribution in [0.2, 0.25) is 0 Å². The largest absolute Gasteiger partial charge is 0.339 e. The molecule has 2 aromatic heterocycles. The highest BCUT2D eigenvalue weighted by atomic mass is 16.5. The number of amides is 2. The van der Waals surface area contributed by atoms with Crippen LogP contribution in [0, 0.1) is 19.8 Å². The molecule has 0 saturated carbocycles. The van der Waals surface area contributed by atoms with Crippen molar-refractivity contribution in [2.45, 2.75) is 26.7 Å². The number of aromatic nitrogens is 3. The zero-order valence-electron chi connectivity index (χ0n) is 19.6. The van der Waals surface area contributed by atoms with Crippen LogP contribution in [-0.2, 0) is 16.0 Å². The summed E-state index contributed by atoms with van der Waals surface area (Å²) in [7, 11) is 0. The molecule has 0 spiro atoms. The molecule has 8 nitrogen and oxygen atoms in total. The van der Waals surface area contributed by atoms with Gasteiger partial charge in [0.05, 0.1) is 12.3 Å². The summed E-state index contributed by atoms with van der Waals surface area (Å²) in [5.74, 6) is 0.269. The number of hydrogen-bond donors (Lipinski definition) is 1. The Hall–Kier alpha value is -4.33. The highest BCUT2D eigenvalue weighted by Gasteiger charge is 2.35. The fraction of sp³-hybridized carbons (Fsp3) is 0.222. The maximum Gasteiger partial charge on any atom is 0.231 e. The second-order valence-corrected chi connectivity index (χ2v) is 8.74. The van der Waals surface area contributed by atoms with E-state index in [4.69, 9.17) is 4.52 Å². The lowest BCUT2D eigenvalue weighted by Gasteiger charge is -2.18. The van der Waals surface area contributed by atoms with E-state index in [-0.39, 0.29) is 18.2 Å². The van der Waals surface area contributed by atoms with Gasteiger partial charge in [0.15, 0.2) is 0 Å². The van der Waals surface area contributed by atoms with Crippen molar-refractivity contribution >= 4 is 23.2 Å². The first-order valence-corrected chi connectivity index (χ1v) is 11.5. The van der Waals surface area contributed by atoms with Crippen molar-refractivity contribution in [3.05, 3.63) is 89.6 Å². The van der Waals surface area contributed by atoms with E-state index in [2.05, 4.69) is 20.4 Å². The van der Waals surface area contributed by atoms with Gasteiger partial charge in [-0.2, -0.15) is 4.98 Å². The molecular weight excluding hydrogens is 442 g/mol. The summed E-state index contributed by atoms with van der Waals surface area (Å²) >= 11 is 0. The number of rotatable bonds is 6. The molecule has 35 heavy (non-hydrogen) atoms. The smallest absolute Gasteiger partial charge is 0.231 e. The number of benzene rings is 2. The monoisotopic (exact) mass is 467 g/mol. The van der Waals surface area contributed by atoms with Crippen LogP contribution in [0.3, 0.4) is 0 Å². The summed E-state index contributed by atoms with van der Waals surface area (Å²) in [5, 5.41) is 7.06. The predicted molar refractivity (Wildman–Crippen MR) is 132 cm³/mol. The number of carbonyl (C=O) groups excluding carboxylic acids is 2. The molecule has 4 aromatic rings. The number of nitrogens with zero attached hydrogens (tertiary/aromatic N) is 4. The molecule has 1 saturated heterocycles. The summed E-state index contributed by atoms with van der Waals surface area (Å²) in [6, 6.07) is 17.0. The quantitative estimate of drug-likeness (QED) is 0.453. The zero-order chi connectivity index (χ0) is 24.4. The summed E-state index contributed by atoms with van der Waals surface area (Å²) in [6.45, 7) is 4.41. The first-order chi connectivity index (χ1) is 17.0. The molecule has 176 valence electrons. The number of hydrogen-bond acceptors (Lipinski definition) is 6. The lowest BCUT2D eigenvalue weighted by atomic mass is 10.1. The molecule has 2 aromatic carbocycles. The maximum absolute atomic E-state index is 13.1. The number of para-hydroxylation sites is 1. The Morgan fingerprint density at radius 2 is 1.89 bits per heavy atom. The van der Waals surface area contributed by atoms with E-state index < -0.39 is 5.92 Å². The van der Waals surface area contributed by atoms with E-state index in [9.17, 15) is 9.59 Å². The van der Waals surface area contributed by atoms with Crippen LogP contribution < -0.4 is 10.2 Å². The molecule has 8 heteroatoms. The second kappa shape index (κ2) is 9.50. The normalized spacial score (nSPS) is 15.4. The summed E-state index contributed by atoms with van der Waals surface area (Å²) in [4.78, 5) is 36.0. The van der Waals surface area contributed by atoms with Crippen molar-refractivity contribution in [1.29, 1.82) is 0 Å². The van der Waals surface area contributed by atoms with Gasteiger partial charge in [0.25, 0.3) is 0 Å². The summed E-state index contributed by atoms with van der Waals surface area (Å²) < 4.78 is 5.43. The van der Waals surface area contributed by atoms with Gasteiger partial charge in [-0.05, 0) is 60.9 Å². The summed E-state index contributed by atoms with van der Waals surface area (Å²) in [5.41, 5.74) is 5.44. The Labute approximate surface area is 203 Å². The second-order valence-electron chi connectivity index (χ2n) is 8.74. The molecule has 2 amide bonds. The minimum absolute atomic E-state index is 0.0452. The fourth-order valence-electron chi connectivity index (χ4n) is 4.17. The minimum atomic E-state index is -0.432. The molecule has 0 radical (unpaired) electrons. The standard InChI is InChI=1S/C27H25N5O3/c1-17-7-8-22(13-18(17)2)32-16-21(15-25(32)33)27(34)29-23-6-4-3-5-20(23)14-24-30-26(31-35-24)19-9-11-28-12-10-19/h3-13,21H,14-16H2,1-2H3,(H,29,34). The Balaban J connectivity index is 1.28. The topological polar surface area (TPSA) is 101 Å². The molecule has 5 rings (SSSR count). The van der Waals surface area contributed by atoms with E-state index in [1.807, 2.05) is 68.4 Å². The van der Waals surface area contributed by atoms with Crippen molar-refractivity contribution < 1.29 is 14.1 Å². The van der Waals surface area contributed by atoms with E-state index in [0.717, 1.165) is 22.4 Å². The molecule has 1 atom stereocenters. The van der Waals surface area contributed by atoms with Crippen LogP contribution >= 0.6 is 0 Å². The molecule has 1 aliphatic rings. The van der Waals surface area contributed by atoms with Gasteiger partial charge in [-0.15, -0.1) is 0 Å².